The maximum absolute atomic E-state index is 11.2. The molecule has 0 spiro atoms. The lowest BCUT2D eigenvalue weighted by Gasteiger charge is -1.96. The molecule has 0 saturated carbocycles. The minimum Gasteiger partial charge on any atom is -0.399 e. The van der Waals surface area contributed by atoms with Crippen LogP contribution in [0, 0.1) is 0 Å². The quantitative estimate of drug-likeness (QED) is 0.486. The third-order valence-electron chi connectivity index (χ3n) is 1.76. The largest absolute Gasteiger partial charge is 0.399 e. The van der Waals surface area contributed by atoms with E-state index in [1.165, 1.54) is 0 Å². The number of hydrogen-bond donors (Lipinski definition) is 3. The van der Waals surface area contributed by atoms with Crippen molar-refractivity contribution in [2.75, 3.05) is 5.73 Å². The number of aromatic nitrogens is 2. The maximum Gasteiger partial charge on any atom is 0.326 e. The Kier molecular flexibility index (Phi) is 1.45. The minimum atomic E-state index is -0.525. The van der Waals surface area contributed by atoms with E-state index in [4.69, 9.17) is 5.73 Å². The fourth-order valence-electron chi connectivity index (χ4n) is 1.19. The molecule has 2 aromatic rings. The first kappa shape index (κ1) is 7.60. The Hall–Kier alpha value is -2.04. The molecule has 0 unspecified atom stereocenters. The molecule has 66 valence electrons. The van der Waals surface area contributed by atoms with E-state index in [1.807, 2.05) is 0 Å². The second kappa shape index (κ2) is 2.48. The van der Waals surface area contributed by atoms with Gasteiger partial charge >= 0.3 is 5.69 Å². The van der Waals surface area contributed by atoms with Crippen molar-refractivity contribution in [1.82, 2.24) is 9.97 Å². The Bertz CT molecular complexity index is 567. The Balaban J connectivity index is 3.03. The number of nitrogens with one attached hydrogen (secondary N) is 2. The van der Waals surface area contributed by atoms with Crippen molar-refractivity contribution in [2.24, 2.45) is 0 Å². The lowest BCUT2D eigenvalue weighted by Crippen LogP contribution is -2.21. The van der Waals surface area contributed by atoms with Gasteiger partial charge in [0.15, 0.2) is 0 Å². The van der Waals surface area contributed by atoms with E-state index in [9.17, 15) is 9.59 Å². The standard InChI is InChI=1S/C8H7N3O2/c9-4-1-2-5-6(3-4)10-8(13)11-7(5)12/h1-3H,9H2,(H2,10,11,12,13). The zero-order valence-corrected chi connectivity index (χ0v) is 6.63. The molecule has 0 radical (unpaired) electrons. The molecule has 0 aliphatic rings. The van der Waals surface area contributed by atoms with Gasteiger partial charge < -0.3 is 10.7 Å². The summed E-state index contributed by atoms with van der Waals surface area (Å²) in [6, 6.07) is 4.72. The van der Waals surface area contributed by atoms with Crippen molar-refractivity contribution in [3.8, 4) is 0 Å². The van der Waals surface area contributed by atoms with Gasteiger partial charge in [-0.05, 0) is 18.2 Å². The summed E-state index contributed by atoms with van der Waals surface area (Å²) in [6.07, 6.45) is 0. The number of rotatable bonds is 0. The van der Waals surface area contributed by atoms with Crippen LogP contribution in [0.4, 0.5) is 5.69 Å². The molecule has 0 atom stereocenters. The van der Waals surface area contributed by atoms with Crippen LogP contribution in [0.2, 0.25) is 0 Å². The summed E-state index contributed by atoms with van der Waals surface area (Å²) in [7, 11) is 0. The zero-order chi connectivity index (χ0) is 9.42. The van der Waals surface area contributed by atoms with Crippen molar-refractivity contribution in [3.05, 3.63) is 39.0 Å². The lowest BCUT2D eigenvalue weighted by atomic mass is 10.2. The molecular weight excluding hydrogens is 170 g/mol. The van der Waals surface area contributed by atoms with Crippen LogP contribution in [-0.2, 0) is 0 Å². The first-order valence-electron chi connectivity index (χ1n) is 3.68. The van der Waals surface area contributed by atoms with Crippen LogP contribution < -0.4 is 17.0 Å². The molecule has 13 heavy (non-hydrogen) atoms. The SMILES string of the molecule is Nc1ccc2c(=O)[nH]c(=O)[nH]c2c1. The third-order valence-corrected chi connectivity index (χ3v) is 1.76. The Morgan fingerprint density at radius 1 is 1.15 bits per heavy atom. The molecule has 5 heteroatoms. The summed E-state index contributed by atoms with van der Waals surface area (Å²) in [5.41, 5.74) is 5.52. The normalized spacial score (nSPS) is 10.5. The summed E-state index contributed by atoms with van der Waals surface area (Å²) in [5.74, 6) is 0. The van der Waals surface area contributed by atoms with Gasteiger partial charge in [-0.25, -0.2) is 4.79 Å². The van der Waals surface area contributed by atoms with E-state index in [2.05, 4.69) is 9.97 Å². The minimum absolute atomic E-state index is 0.404. The van der Waals surface area contributed by atoms with Gasteiger partial charge in [-0.15, -0.1) is 0 Å². The van der Waals surface area contributed by atoms with Gasteiger partial charge in [-0.1, -0.05) is 0 Å². The summed E-state index contributed by atoms with van der Waals surface area (Å²) in [6.45, 7) is 0. The average Bonchev–Trinajstić information content (AvgIpc) is 2.02. The highest BCUT2D eigenvalue weighted by Crippen LogP contribution is 2.08. The van der Waals surface area contributed by atoms with E-state index in [0.29, 0.717) is 16.6 Å². The first-order valence-corrected chi connectivity index (χ1v) is 3.68. The molecule has 4 N–H and O–H groups in total. The van der Waals surface area contributed by atoms with Crippen molar-refractivity contribution in [2.45, 2.75) is 0 Å². The monoisotopic (exact) mass is 177 g/mol. The number of nitrogens with two attached hydrogens (primary N) is 1. The number of nitrogen functional groups attached to an aromatic ring is 1. The van der Waals surface area contributed by atoms with E-state index in [1.54, 1.807) is 18.2 Å². The van der Waals surface area contributed by atoms with Gasteiger partial charge in [-0.2, -0.15) is 0 Å². The highest BCUT2D eigenvalue weighted by atomic mass is 16.2. The fourth-order valence-corrected chi connectivity index (χ4v) is 1.19. The Morgan fingerprint density at radius 3 is 2.69 bits per heavy atom. The van der Waals surface area contributed by atoms with Crippen LogP contribution in [0.25, 0.3) is 10.9 Å². The molecule has 0 aliphatic heterocycles. The Morgan fingerprint density at radius 2 is 1.92 bits per heavy atom. The highest BCUT2D eigenvalue weighted by molar-refractivity contribution is 5.80. The summed E-state index contributed by atoms with van der Waals surface area (Å²) in [4.78, 5) is 26.7. The van der Waals surface area contributed by atoms with Crippen LogP contribution >= 0.6 is 0 Å². The Labute approximate surface area is 72.2 Å². The number of aromatic amines is 2. The van der Waals surface area contributed by atoms with E-state index < -0.39 is 11.2 Å². The number of benzene rings is 1. The average molecular weight is 177 g/mol. The summed E-state index contributed by atoms with van der Waals surface area (Å²) >= 11 is 0. The van der Waals surface area contributed by atoms with Crippen molar-refractivity contribution < 1.29 is 0 Å². The molecule has 0 aliphatic carbocycles. The predicted molar refractivity (Wildman–Crippen MR) is 49.6 cm³/mol. The van der Waals surface area contributed by atoms with Gasteiger partial charge in [0, 0.05) is 5.69 Å². The van der Waals surface area contributed by atoms with E-state index in [0.717, 1.165) is 0 Å². The van der Waals surface area contributed by atoms with Crippen LogP contribution in [0.15, 0.2) is 27.8 Å². The van der Waals surface area contributed by atoms with Crippen LogP contribution in [-0.4, -0.2) is 9.97 Å². The van der Waals surface area contributed by atoms with E-state index in [-0.39, 0.29) is 0 Å². The predicted octanol–water partition coefficient (Wildman–Crippen LogP) is -0.201. The lowest BCUT2D eigenvalue weighted by molar-refractivity contribution is 1.08. The molecule has 2 rings (SSSR count). The molecule has 0 amide bonds. The molecule has 0 fully saturated rings. The molecule has 0 bridgehead atoms. The van der Waals surface area contributed by atoms with E-state index >= 15 is 0 Å². The number of anilines is 1. The summed E-state index contributed by atoms with van der Waals surface area (Å²) in [5, 5.41) is 0.425. The van der Waals surface area contributed by atoms with Crippen molar-refractivity contribution >= 4 is 16.6 Å². The fraction of sp³-hybridized carbons (Fsp3) is 0. The van der Waals surface area contributed by atoms with Crippen LogP contribution in [0.5, 0.6) is 0 Å². The number of fused-ring (bicyclic) bond motifs is 1. The van der Waals surface area contributed by atoms with Gasteiger partial charge in [0.25, 0.3) is 5.56 Å². The van der Waals surface area contributed by atoms with Crippen molar-refractivity contribution in [1.29, 1.82) is 0 Å². The maximum atomic E-state index is 11.2. The topological polar surface area (TPSA) is 91.7 Å². The van der Waals surface area contributed by atoms with Gasteiger partial charge in [0.1, 0.15) is 0 Å². The van der Waals surface area contributed by atoms with Gasteiger partial charge in [-0.3, -0.25) is 9.78 Å². The number of hydrogen-bond acceptors (Lipinski definition) is 3. The molecular formula is C8H7N3O2. The molecule has 5 nitrogen and oxygen atoms in total. The van der Waals surface area contributed by atoms with Gasteiger partial charge in [0.2, 0.25) is 0 Å². The summed E-state index contributed by atoms with van der Waals surface area (Å²) < 4.78 is 0. The third kappa shape index (κ3) is 1.20. The smallest absolute Gasteiger partial charge is 0.326 e. The number of H-pyrrole nitrogens is 2. The van der Waals surface area contributed by atoms with Gasteiger partial charge in [0.05, 0.1) is 10.9 Å². The van der Waals surface area contributed by atoms with Crippen LogP contribution in [0.3, 0.4) is 0 Å². The van der Waals surface area contributed by atoms with Crippen LogP contribution in [0.1, 0.15) is 0 Å². The second-order valence-electron chi connectivity index (χ2n) is 2.71. The molecule has 0 saturated heterocycles. The molecule has 1 aromatic carbocycles. The second-order valence-corrected chi connectivity index (χ2v) is 2.71. The zero-order valence-electron chi connectivity index (χ0n) is 6.63. The molecule has 1 heterocycles. The highest BCUT2D eigenvalue weighted by Gasteiger charge is 1.99. The first-order chi connectivity index (χ1) is 6.16. The molecule has 1 aromatic heterocycles. The van der Waals surface area contributed by atoms with Crippen molar-refractivity contribution in [3.63, 3.8) is 0 Å².